The summed E-state index contributed by atoms with van der Waals surface area (Å²) in [4.78, 5) is 24.5. The van der Waals surface area contributed by atoms with Crippen molar-refractivity contribution in [2.45, 2.75) is 65.3 Å². The highest BCUT2D eigenvalue weighted by Crippen LogP contribution is 2.32. The van der Waals surface area contributed by atoms with Crippen LogP contribution in [0.15, 0.2) is 0 Å². The first-order valence-corrected chi connectivity index (χ1v) is 9.24. The number of amides is 1. The van der Waals surface area contributed by atoms with E-state index in [0.717, 1.165) is 12.8 Å². The van der Waals surface area contributed by atoms with Crippen LogP contribution in [0.2, 0.25) is 0 Å². The minimum Gasteiger partial charge on any atom is -0.355 e. The van der Waals surface area contributed by atoms with Crippen LogP contribution >= 0.6 is 11.6 Å². The van der Waals surface area contributed by atoms with E-state index in [-0.39, 0.29) is 46.8 Å². The molecule has 4 nitrogen and oxygen atoms in total. The molecule has 134 valence electrons. The van der Waals surface area contributed by atoms with Gasteiger partial charge in [-0.1, -0.05) is 27.7 Å². The first kappa shape index (κ1) is 20.4. The van der Waals surface area contributed by atoms with Gasteiger partial charge < -0.3 is 11.1 Å². The molecule has 3 N–H and O–H groups in total. The summed E-state index contributed by atoms with van der Waals surface area (Å²) in [5.74, 6) is 0.766. The second kappa shape index (κ2) is 9.03. The number of rotatable bonds is 7. The van der Waals surface area contributed by atoms with Crippen molar-refractivity contribution in [3.05, 3.63) is 0 Å². The molecule has 0 aromatic heterocycles. The van der Waals surface area contributed by atoms with Crippen LogP contribution in [0.25, 0.3) is 0 Å². The minimum absolute atomic E-state index is 0.0127. The molecule has 0 radical (unpaired) electrons. The standard InChI is InChI=1S/C18H33ClN2O2/c1-10(2)6-11(3)16(13(5)22)9-21-18(23)15-7-14(19)8-17(20)12(15)4/h10-12,14-17H,6-9,20H2,1-5H3,(H,21,23). The number of Topliss-reactive ketones (excluding diaryl/α,β-unsaturated/α-hetero) is 1. The molecule has 6 atom stereocenters. The molecule has 0 aliphatic heterocycles. The van der Waals surface area contributed by atoms with Gasteiger partial charge >= 0.3 is 0 Å². The second-order valence-corrected chi connectivity index (χ2v) is 8.38. The van der Waals surface area contributed by atoms with Gasteiger partial charge in [0.2, 0.25) is 5.91 Å². The molecule has 23 heavy (non-hydrogen) atoms. The number of hydrogen-bond acceptors (Lipinski definition) is 3. The summed E-state index contributed by atoms with van der Waals surface area (Å²) in [5, 5.41) is 2.94. The lowest BCUT2D eigenvalue weighted by atomic mass is 9.76. The van der Waals surface area contributed by atoms with Crippen molar-refractivity contribution in [3.8, 4) is 0 Å². The zero-order chi connectivity index (χ0) is 17.7. The molecule has 1 amide bonds. The average Bonchev–Trinajstić information content (AvgIpc) is 2.41. The van der Waals surface area contributed by atoms with Crippen LogP contribution in [-0.2, 0) is 9.59 Å². The van der Waals surface area contributed by atoms with Crippen molar-refractivity contribution in [3.63, 3.8) is 0 Å². The monoisotopic (exact) mass is 344 g/mol. The van der Waals surface area contributed by atoms with Gasteiger partial charge in [0.1, 0.15) is 5.78 Å². The maximum atomic E-state index is 12.5. The van der Waals surface area contributed by atoms with Gasteiger partial charge in [0.15, 0.2) is 0 Å². The topological polar surface area (TPSA) is 72.2 Å². The lowest BCUT2D eigenvalue weighted by molar-refractivity contribution is -0.128. The van der Waals surface area contributed by atoms with Gasteiger partial charge in [-0.3, -0.25) is 9.59 Å². The van der Waals surface area contributed by atoms with Crippen molar-refractivity contribution in [2.24, 2.45) is 35.3 Å². The van der Waals surface area contributed by atoms with Crippen LogP contribution in [0.4, 0.5) is 0 Å². The van der Waals surface area contributed by atoms with Crippen LogP contribution in [0.3, 0.4) is 0 Å². The molecule has 0 heterocycles. The summed E-state index contributed by atoms with van der Waals surface area (Å²) in [7, 11) is 0. The summed E-state index contributed by atoms with van der Waals surface area (Å²) < 4.78 is 0. The highest BCUT2D eigenvalue weighted by molar-refractivity contribution is 6.20. The Morgan fingerprint density at radius 1 is 1.26 bits per heavy atom. The van der Waals surface area contributed by atoms with Crippen LogP contribution < -0.4 is 11.1 Å². The number of nitrogens with two attached hydrogens (primary N) is 1. The van der Waals surface area contributed by atoms with Crippen molar-refractivity contribution in [1.29, 1.82) is 0 Å². The van der Waals surface area contributed by atoms with Gasteiger partial charge in [-0.2, -0.15) is 0 Å². The van der Waals surface area contributed by atoms with E-state index in [1.807, 2.05) is 6.92 Å². The van der Waals surface area contributed by atoms with Crippen LogP contribution in [-0.4, -0.2) is 29.7 Å². The molecule has 0 bridgehead atoms. The number of ketones is 1. The Balaban J connectivity index is 2.62. The zero-order valence-corrected chi connectivity index (χ0v) is 15.9. The third kappa shape index (κ3) is 6.07. The van der Waals surface area contributed by atoms with Crippen molar-refractivity contribution >= 4 is 23.3 Å². The van der Waals surface area contributed by atoms with Crippen molar-refractivity contribution in [2.75, 3.05) is 6.54 Å². The summed E-state index contributed by atoms with van der Waals surface area (Å²) in [6.45, 7) is 10.4. The van der Waals surface area contributed by atoms with E-state index in [2.05, 4.69) is 26.1 Å². The van der Waals surface area contributed by atoms with Crippen molar-refractivity contribution in [1.82, 2.24) is 5.32 Å². The lowest BCUT2D eigenvalue weighted by Gasteiger charge is -2.36. The minimum atomic E-state index is -0.158. The highest BCUT2D eigenvalue weighted by Gasteiger charge is 2.37. The number of carbonyl (C=O) groups is 2. The van der Waals surface area contributed by atoms with Gasteiger partial charge in [0.25, 0.3) is 0 Å². The summed E-state index contributed by atoms with van der Waals surface area (Å²) in [6.07, 6.45) is 2.40. The molecule has 1 rings (SSSR count). The Bertz CT molecular complexity index is 414. The van der Waals surface area contributed by atoms with E-state index >= 15 is 0 Å². The van der Waals surface area contributed by atoms with Gasteiger partial charge in [-0.05, 0) is 43.9 Å². The Morgan fingerprint density at radius 3 is 2.39 bits per heavy atom. The maximum Gasteiger partial charge on any atom is 0.223 e. The van der Waals surface area contributed by atoms with Crippen LogP contribution in [0.5, 0.6) is 0 Å². The van der Waals surface area contributed by atoms with Gasteiger partial charge in [-0.25, -0.2) is 0 Å². The van der Waals surface area contributed by atoms with Gasteiger partial charge in [0, 0.05) is 29.8 Å². The Morgan fingerprint density at radius 2 is 1.87 bits per heavy atom. The Labute approximate surface area is 145 Å². The molecule has 0 aromatic rings. The molecular formula is C18H33ClN2O2. The largest absolute Gasteiger partial charge is 0.355 e. The maximum absolute atomic E-state index is 12.5. The molecular weight excluding hydrogens is 312 g/mol. The quantitative estimate of drug-likeness (QED) is 0.697. The van der Waals surface area contributed by atoms with Gasteiger partial charge in [-0.15, -0.1) is 11.6 Å². The van der Waals surface area contributed by atoms with E-state index in [9.17, 15) is 9.59 Å². The molecule has 0 aromatic carbocycles. The van der Waals surface area contributed by atoms with E-state index in [0.29, 0.717) is 18.9 Å². The number of halogens is 1. The molecule has 1 aliphatic rings. The number of nitrogens with one attached hydrogen (secondary N) is 1. The smallest absolute Gasteiger partial charge is 0.223 e. The number of alkyl halides is 1. The molecule has 6 unspecified atom stereocenters. The number of hydrogen-bond donors (Lipinski definition) is 2. The fourth-order valence-electron chi connectivity index (χ4n) is 3.74. The van der Waals surface area contributed by atoms with Gasteiger partial charge in [0.05, 0.1) is 0 Å². The molecule has 5 heteroatoms. The fourth-order valence-corrected chi connectivity index (χ4v) is 4.13. The highest BCUT2D eigenvalue weighted by atomic mass is 35.5. The SMILES string of the molecule is CC(=O)C(CNC(=O)C1CC(Cl)CC(N)C1C)C(C)CC(C)C. The Kier molecular flexibility index (Phi) is 8.02. The number of carbonyl (C=O) groups excluding carboxylic acids is 2. The molecule has 1 fully saturated rings. The predicted molar refractivity (Wildman–Crippen MR) is 95.3 cm³/mol. The van der Waals surface area contributed by atoms with Crippen LogP contribution in [0.1, 0.15) is 53.9 Å². The normalized spacial score (nSPS) is 30.8. The zero-order valence-electron chi connectivity index (χ0n) is 15.1. The molecule has 1 aliphatic carbocycles. The van der Waals surface area contributed by atoms with E-state index < -0.39 is 0 Å². The first-order valence-electron chi connectivity index (χ1n) is 8.81. The first-order chi connectivity index (χ1) is 10.6. The molecule has 0 saturated heterocycles. The molecule has 1 saturated carbocycles. The van der Waals surface area contributed by atoms with E-state index in [1.54, 1.807) is 6.92 Å². The predicted octanol–water partition coefficient (Wildman–Crippen LogP) is 2.97. The summed E-state index contributed by atoms with van der Waals surface area (Å²) in [5.41, 5.74) is 6.09. The lowest BCUT2D eigenvalue weighted by Crippen LogP contribution is -2.48. The molecule has 0 spiro atoms. The third-order valence-electron chi connectivity index (χ3n) is 5.23. The average molecular weight is 345 g/mol. The van der Waals surface area contributed by atoms with E-state index in [1.165, 1.54) is 0 Å². The second-order valence-electron chi connectivity index (χ2n) is 7.77. The Hall–Kier alpha value is -0.610. The van der Waals surface area contributed by atoms with E-state index in [4.69, 9.17) is 17.3 Å². The fraction of sp³-hybridized carbons (Fsp3) is 0.889. The summed E-state index contributed by atoms with van der Waals surface area (Å²) in [6, 6.07) is -0.0366. The van der Waals surface area contributed by atoms with Crippen molar-refractivity contribution < 1.29 is 9.59 Å². The van der Waals surface area contributed by atoms with Crippen LogP contribution in [0, 0.1) is 29.6 Å². The third-order valence-corrected chi connectivity index (χ3v) is 5.59. The summed E-state index contributed by atoms with van der Waals surface area (Å²) >= 11 is 6.22.